The van der Waals surface area contributed by atoms with Gasteiger partial charge in [0.05, 0.1) is 0 Å². The van der Waals surface area contributed by atoms with Gasteiger partial charge in [-0.3, -0.25) is 4.79 Å². The predicted octanol–water partition coefficient (Wildman–Crippen LogP) is 5.02. The van der Waals surface area contributed by atoms with Gasteiger partial charge in [0, 0.05) is 6.92 Å². The Bertz CT molecular complexity index is 168. The molecule has 0 amide bonds. The summed E-state index contributed by atoms with van der Waals surface area (Å²) in [5.74, 6) is 0.283. The van der Waals surface area contributed by atoms with Gasteiger partial charge < -0.3 is 5.11 Å². The van der Waals surface area contributed by atoms with Crippen LogP contribution in [-0.4, -0.2) is 11.1 Å². The smallest absolute Gasteiger partial charge is 0.300 e. The van der Waals surface area contributed by atoms with Gasteiger partial charge in [-0.15, -0.1) is 0 Å². The van der Waals surface area contributed by atoms with E-state index in [0.717, 1.165) is 12.8 Å². The van der Waals surface area contributed by atoms with Crippen LogP contribution in [0.5, 0.6) is 0 Å². The number of unbranched alkanes of at least 4 members (excludes halogenated alkanes) is 5. The van der Waals surface area contributed by atoms with Gasteiger partial charge in [-0.1, -0.05) is 77.6 Å². The van der Waals surface area contributed by atoms with Crippen molar-refractivity contribution >= 4 is 5.97 Å². The molecule has 17 heavy (non-hydrogen) atoms. The lowest BCUT2D eigenvalue weighted by Gasteiger charge is -2.07. The molecule has 0 aromatic carbocycles. The number of rotatable bonds is 7. The molecule has 102 valence electrons. The Morgan fingerprint density at radius 1 is 1.06 bits per heavy atom. The lowest BCUT2D eigenvalue weighted by atomic mass is 9.99. The highest BCUT2D eigenvalue weighted by molar-refractivity contribution is 5.62. The minimum atomic E-state index is -0.833. The highest BCUT2D eigenvalue weighted by Crippen LogP contribution is 2.29. The molecule has 1 saturated carbocycles. The summed E-state index contributed by atoms with van der Waals surface area (Å²) < 4.78 is 0. The minimum Gasteiger partial charge on any atom is -0.481 e. The van der Waals surface area contributed by atoms with Crippen molar-refractivity contribution in [2.45, 2.75) is 84.5 Å². The van der Waals surface area contributed by atoms with E-state index in [2.05, 4.69) is 6.92 Å². The second-order valence-corrected chi connectivity index (χ2v) is 5.23. The third-order valence-corrected chi connectivity index (χ3v) is 3.44. The third-order valence-electron chi connectivity index (χ3n) is 3.44. The Balaban J connectivity index is 0.000000557. The van der Waals surface area contributed by atoms with Gasteiger partial charge in [-0.2, -0.15) is 0 Å². The van der Waals surface area contributed by atoms with Crippen molar-refractivity contribution in [1.29, 1.82) is 0 Å². The predicted molar refractivity (Wildman–Crippen MR) is 73.3 cm³/mol. The average molecular weight is 242 g/mol. The van der Waals surface area contributed by atoms with E-state index in [1.165, 1.54) is 70.6 Å². The summed E-state index contributed by atoms with van der Waals surface area (Å²) in [4.78, 5) is 9.00. The van der Waals surface area contributed by atoms with Crippen LogP contribution in [-0.2, 0) is 4.79 Å². The molecular weight excluding hydrogens is 212 g/mol. The first-order chi connectivity index (χ1) is 8.16. The van der Waals surface area contributed by atoms with Crippen LogP contribution >= 0.6 is 0 Å². The van der Waals surface area contributed by atoms with Crippen molar-refractivity contribution in [2.75, 3.05) is 0 Å². The van der Waals surface area contributed by atoms with Crippen molar-refractivity contribution in [3.8, 4) is 0 Å². The maximum atomic E-state index is 9.00. The molecule has 1 rings (SSSR count). The van der Waals surface area contributed by atoms with Crippen LogP contribution in [0.15, 0.2) is 0 Å². The maximum Gasteiger partial charge on any atom is 0.300 e. The Hall–Kier alpha value is -0.530. The summed E-state index contributed by atoms with van der Waals surface area (Å²) >= 11 is 0. The van der Waals surface area contributed by atoms with Crippen molar-refractivity contribution < 1.29 is 9.90 Å². The first-order valence-electron chi connectivity index (χ1n) is 7.36. The van der Waals surface area contributed by atoms with Gasteiger partial charge in [-0.25, -0.2) is 0 Å². The molecule has 0 saturated heterocycles. The van der Waals surface area contributed by atoms with E-state index < -0.39 is 5.97 Å². The fourth-order valence-electron chi connectivity index (χ4n) is 2.51. The van der Waals surface area contributed by atoms with Crippen molar-refractivity contribution in [1.82, 2.24) is 0 Å². The number of hydrogen-bond donors (Lipinski definition) is 1. The first-order valence-corrected chi connectivity index (χ1v) is 7.36. The number of carboxylic acid groups (broad SMARTS) is 1. The molecule has 0 heterocycles. The summed E-state index contributed by atoms with van der Waals surface area (Å²) in [5, 5.41) is 7.42. The Kier molecular flexibility index (Phi) is 11.6. The van der Waals surface area contributed by atoms with Gasteiger partial charge in [-0.05, 0) is 5.92 Å². The van der Waals surface area contributed by atoms with Crippen molar-refractivity contribution in [2.24, 2.45) is 5.92 Å². The lowest BCUT2D eigenvalue weighted by Crippen LogP contribution is -1.92. The summed E-state index contributed by atoms with van der Waals surface area (Å²) in [6.45, 7) is 3.37. The van der Waals surface area contributed by atoms with Crippen LogP contribution in [0.4, 0.5) is 0 Å². The fraction of sp³-hybridized carbons (Fsp3) is 0.933. The van der Waals surface area contributed by atoms with E-state index in [1.54, 1.807) is 0 Å². The van der Waals surface area contributed by atoms with Gasteiger partial charge in [0.1, 0.15) is 0 Å². The molecule has 0 unspecified atom stereocenters. The standard InChI is InChI=1S/C13H26.C2H4O2/c1-2-3-4-5-6-7-10-13-11-8-9-12-13;1-2(3)4/h13H,2-12H2,1H3;1H3,(H,3,4). The van der Waals surface area contributed by atoms with E-state index in [-0.39, 0.29) is 0 Å². The fourth-order valence-corrected chi connectivity index (χ4v) is 2.51. The Morgan fingerprint density at radius 3 is 2.06 bits per heavy atom. The van der Waals surface area contributed by atoms with E-state index in [1.807, 2.05) is 0 Å². The topological polar surface area (TPSA) is 37.3 Å². The van der Waals surface area contributed by atoms with Crippen LogP contribution in [0.25, 0.3) is 0 Å². The highest BCUT2D eigenvalue weighted by Gasteiger charge is 2.13. The van der Waals surface area contributed by atoms with Crippen molar-refractivity contribution in [3.05, 3.63) is 0 Å². The molecule has 1 N–H and O–H groups in total. The summed E-state index contributed by atoms with van der Waals surface area (Å²) in [5.41, 5.74) is 0. The van der Waals surface area contributed by atoms with Gasteiger partial charge in [0.15, 0.2) is 0 Å². The molecule has 1 fully saturated rings. The zero-order valence-electron chi connectivity index (χ0n) is 11.7. The van der Waals surface area contributed by atoms with Crippen LogP contribution in [0, 0.1) is 5.92 Å². The number of carboxylic acids is 1. The molecule has 1 aliphatic rings. The largest absolute Gasteiger partial charge is 0.481 e. The normalized spacial score (nSPS) is 15.4. The van der Waals surface area contributed by atoms with Gasteiger partial charge in [0.2, 0.25) is 0 Å². The van der Waals surface area contributed by atoms with E-state index in [9.17, 15) is 0 Å². The molecule has 0 aromatic rings. The van der Waals surface area contributed by atoms with Gasteiger partial charge in [0.25, 0.3) is 5.97 Å². The van der Waals surface area contributed by atoms with Gasteiger partial charge >= 0.3 is 0 Å². The zero-order valence-corrected chi connectivity index (χ0v) is 11.7. The average Bonchev–Trinajstić information content (AvgIpc) is 2.75. The monoisotopic (exact) mass is 242 g/mol. The first kappa shape index (κ1) is 16.5. The molecule has 0 bridgehead atoms. The number of hydrogen-bond acceptors (Lipinski definition) is 1. The lowest BCUT2D eigenvalue weighted by molar-refractivity contribution is -0.134. The van der Waals surface area contributed by atoms with Crippen LogP contribution in [0.3, 0.4) is 0 Å². The zero-order chi connectivity index (χ0) is 12.9. The minimum absolute atomic E-state index is 0.833. The molecule has 0 spiro atoms. The molecule has 2 heteroatoms. The number of carbonyl (C=O) groups is 1. The number of aliphatic carboxylic acids is 1. The SMILES string of the molecule is CC(=O)O.CCCCCCCCC1CCCC1. The molecule has 1 aliphatic carbocycles. The summed E-state index contributed by atoms with van der Waals surface area (Å²) in [6.07, 6.45) is 16.4. The molecule has 0 radical (unpaired) electrons. The van der Waals surface area contributed by atoms with Crippen LogP contribution in [0.1, 0.15) is 84.5 Å². The van der Waals surface area contributed by atoms with E-state index in [0.29, 0.717) is 0 Å². The molecule has 2 nitrogen and oxygen atoms in total. The quantitative estimate of drug-likeness (QED) is 0.636. The molecule has 0 aromatic heterocycles. The second-order valence-electron chi connectivity index (χ2n) is 5.23. The molecule has 0 aliphatic heterocycles. The van der Waals surface area contributed by atoms with Crippen LogP contribution in [0.2, 0.25) is 0 Å². The third kappa shape index (κ3) is 13.4. The molecule has 0 atom stereocenters. The highest BCUT2D eigenvalue weighted by atomic mass is 16.4. The Labute approximate surface area is 107 Å². The summed E-state index contributed by atoms with van der Waals surface area (Å²) in [7, 11) is 0. The maximum absolute atomic E-state index is 9.00. The summed E-state index contributed by atoms with van der Waals surface area (Å²) in [6, 6.07) is 0. The van der Waals surface area contributed by atoms with Crippen molar-refractivity contribution in [3.63, 3.8) is 0 Å². The second kappa shape index (κ2) is 11.9. The van der Waals surface area contributed by atoms with E-state index >= 15 is 0 Å². The molecular formula is C15H30O2. The van der Waals surface area contributed by atoms with E-state index in [4.69, 9.17) is 9.90 Å². The Morgan fingerprint density at radius 2 is 1.53 bits per heavy atom. The van der Waals surface area contributed by atoms with Crippen LogP contribution < -0.4 is 0 Å².